The molecular weight excluding hydrogens is 757 g/mol. The molecule has 12 rings (SSSR count). The van der Waals surface area contributed by atoms with E-state index in [1.165, 1.54) is 43.6 Å². The third-order valence-electron chi connectivity index (χ3n) is 13.0. The number of hydrogen-bond donors (Lipinski definition) is 0. The first-order valence-electron chi connectivity index (χ1n) is 20.9. The van der Waals surface area contributed by atoms with E-state index >= 15 is 0 Å². The highest BCUT2D eigenvalue weighted by molar-refractivity contribution is 6.17. The van der Waals surface area contributed by atoms with Crippen LogP contribution in [0.15, 0.2) is 146 Å². The van der Waals surface area contributed by atoms with Crippen LogP contribution < -0.4 is 0 Å². The molecule has 3 heterocycles. The number of fused-ring (bicyclic) bond motifs is 9. The average molecular weight is 793 g/mol. The van der Waals surface area contributed by atoms with Crippen LogP contribution in [0.3, 0.4) is 0 Å². The predicted molar refractivity (Wildman–Crippen MR) is 252 cm³/mol. The molecule has 0 spiro atoms. The predicted octanol–water partition coefficient (Wildman–Crippen LogP) is 13.8. The summed E-state index contributed by atoms with van der Waals surface area (Å²) >= 11 is 0. The lowest BCUT2D eigenvalue weighted by atomic mass is 9.90. The Morgan fingerprint density at radius 2 is 0.758 bits per heavy atom. The zero-order chi connectivity index (χ0) is 42.0. The highest BCUT2D eigenvalue weighted by atomic mass is 15.0. The van der Waals surface area contributed by atoms with Crippen molar-refractivity contribution in [3.05, 3.63) is 179 Å². The fourth-order valence-electron chi connectivity index (χ4n) is 10.2. The molecule has 0 bridgehead atoms. The SMILES string of the molecule is Cc1cc(-n2c3ccccc3c3ccccc32)c(C)cc1-c1cc2c3c(cc(-c4cc(C)c(-n5c6ccccc6c6ccccc65)cc4C)cc3c1)-c1nc(C#N)c(C#N)nc1-2. The Kier molecular flexibility index (Phi) is 7.52. The van der Waals surface area contributed by atoms with Crippen molar-refractivity contribution >= 4 is 54.4 Å². The summed E-state index contributed by atoms with van der Waals surface area (Å²) in [6.07, 6.45) is 0. The lowest BCUT2D eigenvalue weighted by Crippen LogP contribution is -1.99. The molecule has 0 saturated heterocycles. The summed E-state index contributed by atoms with van der Waals surface area (Å²) in [4.78, 5) is 9.67. The smallest absolute Gasteiger partial charge is 0.177 e. The molecule has 6 nitrogen and oxygen atoms in total. The van der Waals surface area contributed by atoms with Gasteiger partial charge in [0, 0.05) is 49.4 Å². The topological polar surface area (TPSA) is 83.2 Å². The van der Waals surface area contributed by atoms with Crippen molar-refractivity contribution in [1.29, 1.82) is 10.5 Å². The van der Waals surface area contributed by atoms with Crippen molar-refractivity contribution in [1.82, 2.24) is 19.1 Å². The van der Waals surface area contributed by atoms with Crippen LogP contribution in [0.2, 0.25) is 0 Å². The first-order chi connectivity index (χ1) is 30.3. The lowest BCUT2D eigenvalue weighted by Gasteiger charge is -2.18. The second-order valence-corrected chi connectivity index (χ2v) is 16.6. The van der Waals surface area contributed by atoms with Gasteiger partial charge in [0.25, 0.3) is 0 Å². The van der Waals surface area contributed by atoms with Crippen molar-refractivity contribution in [2.45, 2.75) is 27.7 Å². The first-order valence-corrected chi connectivity index (χ1v) is 20.9. The number of benzene rings is 8. The largest absolute Gasteiger partial charge is 0.309 e. The molecule has 290 valence electrons. The maximum Gasteiger partial charge on any atom is 0.177 e. The van der Waals surface area contributed by atoms with E-state index in [1.807, 2.05) is 0 Å². The molecule has 0 fully saturated rings. The van der Waals surface area contributed by atoms with Crippen molar-refractivity contribution in [2.75, 3.05) is 0 Å². The summed E-state index contributed by atoms with van der Waals surface area (Å²) in [5.41, 5.74) is 19.1. The molecule has 0 atom stereocenters. The van der Waals surface area contributed by atoms with Gasteiger partial charge in [0.2, 0.25) is 0 Å². The van der Waals surface area contributed by atoms with Crippen LogP contribution in [-0.4, -0.2) is 19.1 Å². The highest BCUT2D eigenvalue weighted by Gasteiger charge is 2.29. The quantitative estimate of drug-likeness (QED) is 0.178. The van der Waals surface area contributed by atoms with E-state index in [0.29, 0.717) is 11.4 Å². The maximum absolute atomic E-state index is 10.1. The zero-order valence-electron chi connectivity index (χ0n) is 34.5. The average Bonchev–Trinajstić information content (AvgIpc) is 3.93. The van der Waals surface area contributed by atoms with Gasteiger partial charge in [-0.05, 0) is 150 Å². The standard InChI is InChI=1S/C56H36N6/c1-31-23-52(61-48-17-9-5-13-38(48)39-14-6-10-18-49(39)61)33(3)21-42(31)35-25-37-26-36(28-45-54(37)44(27-35)55-56(45)60-47(30-58)46(29-57)59-55)43-22-34(4)53(24-32(43)2)62-50-19-11-7-15-40(50)41-16-8-12-20-51(41)62/h5-28H,1-4H3. The monoisotopic (exact) mass is 792 g/mol. The third kappa shape index (κ3) is 4.95. The first kappa shape index (κ1) is 35.6. The number of nitrogens with zero attached hydrogens (tertiary/aromatic N) is 6. The van der Waals surface area contributed by atoms with Crippen molar-refractivity contribution < 1.29 is 0 Å². The van der Waals surface area contributed by atoms with Gasteiger partial charge in [-0.2, -0.15) is 10.5 Å². The summed E-state index contributed by atoms with van der Waals surface area (Å²) in [7, 11) is 0. The summed E-state index contributed by atoms with van der Waals surface area (Å²) in [5, 5.41) is 27.2. The van der Waals surface area contributed by atoms with Crippen LogP contribution in [0, 0.1) is 50.4 Å². The van der Waals surface area contributed by atoms with Gasteiger partial charge in [-0.3, -0.25) is 0 Å². The molecule has 0 N–H and O–H groups in total. The molecular formula is C56H36N6. The summed E-state index contributed by atoms with van der Waals surface area (Å²) in [5.74, 6) is 0. The van der Waals surface area contributed by atoms with Crippen LogP contribution in [0.4, 0.5) is 0 Å². The molecule has 0 saturated carbocycles. The fraction of sp³-hybridized carbons (Fsp3) is 0.0714. The second-order valence-electron chi connectivity index (χ2n) is 16.6. The van der Waals surface area contributed by atoms with Crippen molar-refractivity contribution in [3.8, 4) is 68.3 Å². The van der Waals surface area contributed by atoms with E-state index in [2.05, 4.69) is 195 Å². The minimum Gasteiger partial charge on any atom is -0.309 e. The Labute approximate surface area is 357 Å². The van der Waals surface area contributed by atoms with Crippen LogP contribution in [0.1, 0.15) is 33.6 Å². The molecule has 0 radical (unpaired) electrons. The van der Waals surface area contributed by atoms with Crippen molar-refractivity contribution in [2.24, 2.45) is 0 Å². The van der Waals surface area contributed by atoms with Crippen LogP contribution in [0.5, 0.6) is 0 Å². The third-order valence-corrected chi connectivity index (χ3v) is 13.0. The van der Waals surface area contributed by atoms with E-state index in [1.54, 1.807) is 0 Å². The molecule has 0 aliphatic heterocycles. The summed E-state index contributed by atoms with van der Waals surface area (Å²) < 4.78 is 4.77. The molecule has 0 unspecified atom stereocenters. The zero-order valence-corrected chi connectivity index (χ0v) is 34.5. The minimum absolute atomic E-state index is 0.0347. The Morgan fingerprint density at radius 1 is 0.403 bits per heavy atom. The molecule has 62 heavy (non-hydrogen) atoms. The van der Waals surface area contributed by atoms with Gasteiger partial charge < -0.3 is 9.13 Å². The van der Waals surface area contributed by atoms with E-state index in [9.17, 15) is 10.5 Å². The molecule has 1 aliphatic carbocycles. The van der Waals surface area contributed by atoms with Gasteiger partial charge in [0.05, 0.1) is 33.5 Å². The molecule has 6 heteroatoms. The van der Waals surface area contributed by atoms with Gasteiger partial charge in [-0.15, -0.1) is 0 Å². The maximum atomic E-state index is 10.1. The highest BCUT2D eigenvalue weighted by Crippen LogP contribution is 2.50. The fourth-order valence-corrected chi connectivity index (χ4v) is 10.2. The van der Waals surface area contributed by atoms with Gasteiger partial charge in [0.15, 0.2) is 11.4 Å². The molecule has 3 aromatic heterocycles. The Balaban J connectivity index is 1.06. The number of hydrogen-bond acceptors (Lipinski definition) is 4. The Bertz CT molecular complexity index is 3530. The molecule has 0 amide bonds. The normalized spacial score (nSPS) is 11.8. The van der Waals surface area contributed by atoms with E-state index < -0.39 is 0 Å². The van der Waals surface area contributed by atoms with E-state index in [0.717, 1.165) is 77.8 Å². The van der Waals surface area contributed by atoms with Gasteiger partial charge in [0.1, 0.15) is 12.1 Å². The number of nitriles is 2. The molecule has 1 aliphatic rings. The lowest BCUT2D eigenvalue weighted by molar-refractivity contribution is 1.14. The minimum atomic E-state index is 0.0347. The number of para-hydroxylation sites is 4. The van der Waals surface area contributed by atoms with E-state index in [4.69, 9.17) is 9.97 Å². The van der Waals surface area contributed by atoms with Crippen LogP contribution >= 0.6 is 0 Å². The van der Waals surface area contributed by atoms with E-state index in [-0.39, 0.29) is 11.4 Å². The Morgan fingerprint density at radius 3 is 1.11 bits per heavy atom. The summed E-state index contributed by atoms with van der Waals surface area (Å²) in [6.45, 7) is 8.75. The number of aryl methyl sites for hydroxylation is 4. The van der Waals surface area contributed by atoms with Gasteiger partial charge >= 0.3 is 0 Å². The van der Waals surface area contributed by atoms with Gasteiger partial charge in [-0.25, -0.2) is 9.97 Å². The summed E-state index contributed by atoms with van der Waals surface area (Å²) in [6, 6.07) is 56.9. The number of aromatic nitrogens is 4. The van der Waals surface area contributed by atoms with Crippen LogP contribution in [-0.2, 0) is 0 Å². The second kappa shape index (κ2) is 13.1. The van der Waals surface area contributed by atoms with Gasteiger partial charge in [-0.1, -0.05) is 72.8 Å². The van der Waals surface area contributed by atoms with Crippen molar-refractivity contribution in [3.63, 3.8) is 0 Å². The Hall–Kier alpha value is -8.32. The van der Waals surface area contributed by atoms with Crippen LogP contribution in [0.25, 0.3) is 111 Å². The molecule has 8 aromatic carbocycles. The molecule has 11 aromatic rings. The number of rotatable bonds is 4.